The van der Waals surface area contributed by atoms with Crippen LogP contribution >= 0.6 is 23.2 Å². The second-order valence-electron chi connectivity index (χ2n) is 4.24. The maximum atomic E-state index is 12.1. The standard InChI is InChI=1S/C15H13Cl2NO/c16-12-8-4-7-11(14(12)17)9-13(19)15(18)10-5-2-1-3-6-10/h1-8,15H,9,18H2. The largest absolute Gasteiger partial charge is 0.318 e. The lowest BCUT2D eigenvalue weighted by Gasteiger charge is -2.12. The molecule has 0 saturated heterocycles. The first kappa shape index (κ1) is 14.1. The summed E-state index contributed by atoms with van der Waals surface area (Å²) in [7, 11) is 0. The van der Waals surface area contributed by atoms with E-state index < -0.39 is 6.04 Å². The number of nitrogens with two attached hydrogens (primary N) is 1. The van der Waals surface area contributed by atoms with E-state index in [1.165, 1.54) is 0 Å². The van der Waals surface area contributed by atoms with Gasteiger partial charge in [-0.3, -0.25) is 4.79 Å². The van der Waals surface area contributed by atoms with Crippen LogP contribution in [0.1, 0.15) is 17.2 Å². The van der Waals surface area contributed by atoms with Crippen molar-refractivity contribution in [3.8, 4) is 0 Å². The Morgan fingerprint density at radius 2 is 1.74 bits per heavy atom. The quantitative estimate of drug-likeness (QED) is 0.932. The van der Waals surface area contributed by atoms with E-state index in [1.807, 2.05) is 30.3 Å². The van der Waals surface area contributed by atoms with Crippen molar-refractivity contribution in [3.63, 3.8) is 0 Å². The highest BCUT2D eigenvalue weighted by Crippen LogP contribution is 2.26. The molecule has 0 aliphatic rings. The van der Waals surface area contributed by atoms with Gasteiger partial charge in [-0.1, -0.05) is 65.7 Å². The second-order valence-corrected chi connectivity index (χ2v) is 5.03. The maximum absolute atomic E-state index is 12.1. The van der Waals surface area contributed by atoms with E-state index in [0.717, 1.165) is 5.56 Å². The zero-order valence-electron chi connectivity index (χ0n) is 10.1. The Bertz CT molecular complexity index is 584. The molecular weight excluding hydrogens is 281 g/mol. The van der Waals surface area contributed by atoms with Gasteiger partial charge in [-0.2, -0.15) is 0 Å². The Kier molecular flexibility index (Phi) is 4.59. The van der Waals surface area contributed by atoms with E-state index in [0.29, 0.717) is 15.6 Å². The van der Waals surface area contributed by atoms with E-state index in [4.69, 9.17) is 28.9 Å². The molecule has 0 spiro atoms. The minimum atomic E-state index is -0.642. The van der Waals surface area contributed by atoms with Crippen LogP contribution in [0.4, 0.5) is 0 Å². The third kappa shape index (κ3) is 3.35. The van der Waals surface area contributed by atoms with Gasteiger partial charge in [0.1, 0.15) is 0 Å². The molecule has 0 bridgehead atoms. The Morgan fingerprint density at radius 3 is 2.42 bits per heavy atom. The third-order valence-corrected chi connectivity index (χ3v) is 3.76. The van der Waals surface area contributed by atoms with E-state index in [-0.39, 0.29) is 12.2 Å². The zero-order chi connectivity index (χ0) is 13.8. The Morgan fingerprint density at radius 1 is 1.05 bits per heavy atom. The molecular formula is C15H13Cl2NO. The van der Waals surface area contributed by atoms with Gasteiger partial charge in [0.05, 0.1) is 16.1 Å². The van der Waals surface area contributed by atoms with Crippen LogP contribution in [-0.2, 0) is 11.2 Å². The molecule has 0 saturated carbocycles. The Hall–Kier alpha value is -1.35. The molecule has 98 valence electrons. The second kappa shape index (κ2) is 6.20. The highest BCUT2D eigenvalue weighted by molar-refractivity contribution is 6.42. The van der Waals surface area contributed by atoms with Crippen molar-refractivity contribution < 1.29 is 4.79 Å². The van der Waals surface area contributed by atoms with Crippen LogP contribution in [0.25, 0.3) is 0 Å². The van der Waals surface area contributed by atoms with Crippen molar-refractivity contribution in [1.82, 2.24) is 0 Å². The van der Waals surface area contributed by atoms with E-state index in [2.05, 4.69) is 0 Å². The number of carbonyl (C=O) groups is 1. The first-order chi connectivity index (χ1) is 9.09. The van der Waals surface area contributed by atoms with Gasteiger partial charge >= 0.3 is 0 Å². The number of Topliss-reactive ketones (excluding diaryl/α,β-unsaturated/α-hetero) is 1. The zero-order valence-corrected chi connectivity index (χ0v) is 11.7. The molecule has 0 heterocycles. The lowest BCUT2D eigenvalue weighted by Crippen LogP contribution is -2.23. The summed E-state index contributed by atoms with van der Waals surface area (Å²) in [5, 5.41) is 0.859. The molecule has 19 heavy (non-hydrogen) atoms. The summed E-state index contributed by atoms with van der Waals surface area (Å²) in [4.78, 5) is 12.1. The van der Waals surface area contributed by atoms with Gasteiger partial charge < -0.3 is 5.73 Å². The van der Waals surface area contributed by atoms with Crippen molar-refractivity contribution in [3.05, 3.63) is 69.7 Å². The number of rotatable bonds is 4. The first-order valence-corrected chi connectivity index (χ1v) is 6.61. The molecule has 1 atom stereocenters. The number of hydrogen-bond acceptors (Lipinski definition) is 2. The molecule has 0 amide bonds. The summed E-state index contributed by atoms with van der Waals surface area (Å²) < 4.78 is 0. The average Bonchev–Trinajstić information content (AvgIpc) is 2.44. The van der Waals surface area contributed by atoms with E-state index in [1.54, 1.807) is 18.2 Å². The molecule has 0 fully saturated rings. The van der Waals surface area contributed by atoms with Gasteiger partial charge in [0, 0.05) is 6.42 Å². The van der Waals surface area contributed by atoms with Crippen LogP contribution in [0.2, 0.25) is 10.0 Å². The molecule has 0 aromatic heterocycles. The van der Waals surface area contributed by atoms with Gasteiger partial charge in [-0.25, -0.2) is 0 Å². The molecule has 1 unspecified atom stereocenters. The van der Waals surface area contributed by atoms with Crippen molar-refractivity contribution in [2.45, 2.75) is 12.5 Å². The lowest BCUT2D eigenvalue weighted by molar-refractivity contribution is -0.119. The van der Waals surface area contributed by atoms with Crippen molar-refractivity contribution in [1.29, 1.82) is 0 Å². The summed E-state index contributed by atoms with van der Waals surface area (Å²) >= 11 is 12.0. The molecule has 2 aromatic rings. The smallest absolute Gasteiger partial charge is 0.158 e. The summed E-state index contributed by atoms with van der Waals surface area (Å²) in [5.41, 5.74) is 7.45. The molecule has 2 rings (SSSR count). The van der Waals surface area contributed by atoms with Gasteiger partial charge in [0.25, 0.3) is 0 Å². The van der Waals surface area contributed by atoms with Gasteiger partial charge in [0.2, 0.25) is 0 Å². The van der Waals surface area contributed by atoms with Crippen LogP contribution in [0.3, 0.4) is 0 Å². The monoisotopic (exact) mass is 293 g/mol. The minimum Gasteiger partial charge on any atom is -0.318 e. The lowest BCUT2D eigenvalue weighted by atomic mass is 9.98. The fraction of sp³-hybridized carbons (Fsp3) is 0.133. The Labute approximate surface area is 122 Å². The number of hydrogen-bond donors (Lipinski definition) is 1. The Balaban J connectivity index is 2.15. The van der Waals surface area contributed by atoms with E-state index >= 15 is 0 Å². The highest BCUT2D eigenvalue weighted by Gasteiger charge is 2.17. The fourth-order valence-corrected chi connectivity index (χ4v) is 2.22. The first-order valence-electron chi connectivity index (χ1n) is 5.85. The van der Waals surface area contributed by atoms with Crippen LogP contribution in [0, 0.1) is 0 Å². The van der Waals surface area contributed by atoms with Gasteiger partial charge in [-0.05, 0) is 17.2 Å². The SMILES string of the molecule is NC(C(=O)Cc1cccc(Cl)c1Cl)c1ccccc1. The fourth-order valence-electron chi connectivity index (χ4n) is 1.83. The minimum absolute atomic E-state index is 0.0876. The predicted molar refractivity (Wildman–Crippen MR) is 78.5 cm³/mol. The summed E-state index contributed by atoms with van der Waals surface area (Å²) in [6.07, 6.45) is 0.176. The topological polar surface area (TPSA) is 43.1 Å². The van der Waals surface area contributed by atoms with Crippen LogP contribution < -0.4 is 5.73 Å². The number of benzene rings is 2. The summed E-state index contributed by atoms with van der Waals surface area (Å²) in [5.74, 6) is -0.0876. The van der Waals surface area contributed by atoms with Gasteiger partial charge in [-0.15, -0.1) is 0 Å². The van der Waals surface area contributed by atoms with Crippen LogP contribution in [-0.4, -0.2) is 5.78 Å². The summed E-state index contributed by atoms with van der Waals surface area (Å²) in [6, 6.07) is 13.9. The van der Waals surface area contributed by atoms with E-state index in [9.17, 15) is 4.79 Å². The normalized spacial score (nSPS) is 12.2. The molecule has 0 aliphatic carbocycles. The number of carbonyl (C=O) groups excluding carboxylic acids is 1. The van der Waals surface area contributed by atoms with Crippen molar-refractivity contribution in [2.24, 2.45) is 5.73 Å². The predicted octanol–water partition coefficient (Wildman–Crippen LogP) is 3.81. The molecule has 0 radical (unpaired) electrons. The van der Waals surface area contributed by atoms with Crippen LogP contribution in [0.5, 0.6) is 0 Å². The highest BCUT2D eigenvalue weighted by atomic mass is 35.5. The molecule has 2 N–H and O–H groups in total. The molecule has 2 aromatic carbocycles. The van der Waals surface area contributed by atoms with Crippen LogP contribution in [0.15, 0.2) is 48.5 Å². The van der Waals surface area contributed by atoms with Crippen molar-refractivity contribution in [2.75, 3.05) is 0 Å². The average molecular weight is 294 g/mol. The third-order valence-electron chi connectivity index (χ3n) is 2.90. The number of ketones is 1. The molecule has 2 nitrogen and oxygen atoms in total. The maximum Gasteiger partial charge on any atom is 0.158 e. The number of halogens is 2. The molecule has 0 aliphatic heterocycles. The van der Waals surface area contributed by atoms with Crippen molar-refractivity contribution >= 4 is 29.0 Å². The summed E-state index contributed by atoms with van der Waals surface area (Å²) in [6.45, 7) is 0. The molecule has 4 heteroatoms. The van der Waals surface area contributed by atoms with Gasteiger partial charge in [0.15, 0.2) is 5.78 Å².